The number of rotatable bonds is 3. The largest absolute Gasteiger partial charge is 0.508 e. The molecule has 1 aromatic rings. The van der Waals surface area contributed by atoms with Crippen molar-refractivity contribution in [1.82, 2.24) is 5.01 Å². The fourth-order valence-corrected chi connectivity index (χ4v) is 3.53. The molecule has 25 heavy (non-hydrogen) atoms. The van der Waals surface area contributed by atoms with Gasteiger partial charge in [0.25, 0.3) is 5.72 Å². The van der Waals surface area contributed by atoms with Crippen LogP contribution in [0.15, 0.2) is 29.4 Å². The molecule has 1 aliphatic heterocycles. The van der Waals surface area contributed by atoms with Gasteiger partial charge in [-0.15, -0.1) is 0 Å². The molecule has 8 heteroatoms. The molecule has 1 fully saturated rings. The number of carbonyl (C=O) groups is 1. The van der Waals surface area contributed by atoms with E-state index in [1.807, 2.05) is 0 Å². The van der Waals surface area contributed by atoms with Gasteiger partial charge in [-0.05, 0) is 37.3 Å². The summed E-state index contributed by atoms with van der Waals surface area (Å²) in [6, 6.07) is 6.31. The van der Waals surface area contributed by atoms with Crippen molar-refractivity contribution in [3.63, 3.8) is 0 Å². The van der Waals surface area contributed by atoms with Crippen LogP contribution in [0.3, 0.4) is 0 Å². The number of para-hydroxylation sites is 1. The minimum atomic E-state index is -5.00. The molecule has 3 rings (SSSR count). The zero-order valence-electron chi connectivity index (χ0n) is 13.5. The van der Waals surface area contributed by atoms with Crippen LogP contribution in [-0.4, -0.2) is 38.7 Å². The predicted molar refractivity (Wildman–Crippen MR) is 83.7 cm³/mol. The molecule has 1 aliphatic carbocycles. The Hall–Kier alpha value is -2.09. The molecule has 5 nitrogen and oxygen atoms in total. The molecular formula is C17H19F3N2O3. The third kappa shape index (κ3) is 2.99. The van der Waals surface area contributed by atoms with Gasteiger partial charge in [-0.2, -0.15) is 23.3 Å². The Morgan fingerprint density at radius 3 is 2.72 bits per heavy atom. The molecule has 1 heterocycles. The Balaban J connectivity index is 1.82. The Kier molecular flexibility index (Phi) is 4.49. The summed E-state index contributed by atoms with van der Waals surface area (Å²) in [6.45, 7) is 0. The molecule has 1 amide bonds. The zero-order chi connectivity index (χ0) is 18.2. The number of hydrogen-bond acceptors (Lipinski definition) is 4. The van der Waals surface area contributed by atoms with E-state index < -0.39 is 23.7 Å². The van der Waals surface area contributed by atoms with Crippen molar-refractivity contribution in [2.24, 2.45) is 11.0 Å². The number of carbonyl (C=O) groups excluding carboxylic acids is 1. The van der Waals surface area contributed by atoms with Crippen molar-refractivity contribution in [3.8, 4) is 5.75 Å². The third-order valence-electron chi connectivity index (χ3n) is 4.87. The Morgan fingerprint density at radius 1 is 1.32 bits per heavy atom. The predicted octanol–water partition coefficient (Wildman–Crippen LogP) is 2.96. The number of phenolic OH excluding ortho intramolecular Hbond substituents is 1. The maximum atomic E-state index is 13.6. The number of fused-ring (bicyclic) bond motifs is 1. The highest BCUT2D eigenvalue weighted by Crippen LogP contribution is 2.48. The van der Waals surface area contributed by atoms with Gasteiger partial charge in [0, 0.05) is 12.1 Å². The lowest BCUT2D eigenvalue weighted by molar-refractivity contribution is -0.317. The lowest BCUT2D eigenvalue weighted by Crippen LogP contribution is -2.61. The molecule has 0 bridgehead atoms. The van der Waals surface area contributed by atoms with Crippen molar-refractivity contribution in [2.45, 2.75) is 50.4 Å². The van der Waals surface area contributed by atoms with Gasteiger partial charge in [-0.3, -0.25) is 4.79 Å². The maximum absolute atomic E-state index is 13.6. The summed E-state index contributed by atoms with van der Waals surface area (Å²) < 4.78 is 40.8. The van der Waals surface area contributed by atoms with Gasteiger partial charge < -0.3 is 10.2 Å². The molecule has 2 aliphatic rings. The highest BCUT2D eigenvalue weighted by molar-refractivity contribution is 5.93. The lowest BCUT2D eigenvalue weighted by Gasteiger charge is -2.38. The molecule has 0 radical (unpaired) electrons. The van der Waals surface area contributed by atoms with Gasteiger partial charge >= 0.3 is 6.18 Å². The van der Waals surface area contributed by atoms with Crippen molar-refractivity contribution in [2.75, 3.05) is 0 Å². The number of benzene rings is 1. The second-order valence-electron chi connectivity index (χ2n) is 6.45. The fourth-order valence-electron chi connectivity index (χ4n) is 3.53. The van der Waals surface area contributed by atoms with Crippen LogP contribution in [0.25, 0.3) is 0 Å². The Bertz CT molecular complexity index is 705. The van der Waals surface area contributed by atoms with Crippen LogP contribution in [0.4, 0.5) is 13.2 Å². The monoisotopic (exact) mass is 356 g/mol. The van der Waals surface area contributed by atoms with E-state index in [0.717, 1.165) is 0 Å². The molecule has 1 aromatic carbocycles. The van der Waals surface area contributed by atoms with Crippen molar-refractivity contribution in [1.29, 1.82) is 0 Å². The maximum Gasteiger partial charge on any atom is 0.439 e. The number of hydrazone groups is 1. The summed E-state index contributed by atoms with van der Waals surface area (Å²) >= 11 is 0. The molecule has 2 N–H and O–H groups in total. The number of amides is 1. The summed E-state index contributed by atoms with van der Waals surface area (Å²) in [5.41, 5.74) is -2.59. The van der Waals surface area contributed by atoms with E-state index in [-0.39, 0.29) is 35.7 Å². The standard InChI is InChI=1S/C17H19F3N2O3/c18-17(19,20)16(25)12-6-2-3-7-13(12)21-22(16)15(24)10-9-11-5-1-4-8-14(11)23/h1,4-5,8,12,23,25H,2-3,6-7,9-10H2/t12-,16+/m1/s1. The van der Waals surface area contributed by atoms with Crippen molar-refractivity contribution in [3.05, 3.63) is 29.8 Å². The number of aliphatic hydroxyl groups is 1. The van der Waals surface area contributed by atoms with Crippen molar-refractivity contribution < 1.29 is 28.2 Å². The van der Waals surface area contributed by atoms with E-state index >= 15 is 0 Å². The summed E-state index contributed by atoms with van der Waals surface area (Å²) in [5, 5.41) is 24.2. The molecular weight excluding hydrogens is 337 g/mol. The smallest absolute Gasteiger partial charge is 0.439 e. The average Bonchev–Trinajstić information content (AvgIpc) is 2.88. The van der Waals surface area contributed by atoms with E-state index in [2.05, 4.69) is 5.10 Å². The molecule has 0 spiro atoms. The first kappa shape index (κ1) is 17.7. The van der Waals surface area contributed by atoms with Crippen LogP contribution in [0, 0.1) is 5.92 Å². The number of hydrogen-bond donors (Lipinski definition) is 2. The van der Waals surface area contributed by atoms with E-state index in [0.29, 0.717) is 24.8 Å². The van der Waals surface area contributed by atoms with Crippen LogP contribution in [-0.2, 0) is 11.2 Å². The van der Waals surface area contributed by atoms with Gasteiger partial charge in [0.2, 0.25) is 5.91 Å². The quantitative estimate of drug-likeness (QED) is 0.875. The SMILES string of the molecule is O=C(CCc1ccccc1O)N1N=C2CCCC[C@H]2[C@]1(O)C(F)(F)F. The van der Waals surface area contributed by atoms with Crippen LogP contribution >= 0.6 is 0 Å². The highest BCUT2D eigenvalue weighted by Gasteiger charge is 2.68. The van der Waals surface area contributed by atoms with Gasteiger partial charge in [0.15, 0.2) is 0 Å². The first-order valence-corrected chi connectivity index (χ1v) is 8.21. The van der Waals surface area contributed by atoms with Crippen molar-refractivity contribution >= 4 is 11.6 Å². The van der Waals surface area contributed by atoms with E-state index in [1.54, 1.807) is 18.2 Å². The fraction of sp³-hybridized carbons (Fsp3) is 0.529. The minimum absolute atomic E-state index is 0.0252. The topological polar surface area (TPSA) is 73.1 Å². The second-order valence-corrected chi connectivity index (χ2v) is 6.45. The molecule has 0 saturated heterocycles. The number of phenols is 1. The molecule has 136 valence electrons. The van der Waals surface area contributed by atoms with Gasteiger partial charge in [-0.25, -0.2) is 0 Å². The summed E-state index contributed by atoms with van der Waals surface area (Å²) in [5.74, 6) is -2.14. The van der Waals surface area contributed by atoms with E-state index in [4.69, 9.17) is 0 Å². The number of aryl methyl sites for hydroxylation is 1. The van der Waals surface area contributed by atoms with E-state index in [9.17, 15) is 28.2 Å². The Labute approximate surface area is 142 Å². The molecule has 2 atom stereocenters. The number of halogens is 3. The van der Waals surface area contributed by atoms with E-state index in [1.165, 1.54) is 6.07 Å². The molecule has 0 aromatic heterocycles. The van der Waals surface area contributed by atoms with Crippen LogP contribution in [0.2, 0.25) is 0 Å². The molecule has 0 unspecified atom stereocenters. The third-order valence-corrected chi connectivity index (χ3v) is 4.87. The Morgan fingerprint density at radius 2 is 2.04 bits per heavy atom. The first-order valence-electron chi connectivity index (χ1n) is 8.21. The summed E-state index contributed by atoms with van der Waals surface area (Å²) in [6.07, 6.45) is -3.47. The highest BCUT2D eigenvalue weighted by atomic mass is 19.4. The average molecular weight is 356 g/mol. The summed E-state index contributed by atoms with van der Waals surface area (Å²) in [7, 11) is 0. The van der Waals surface area contributed by atoms with Crippen LogP contribution in [0.5, 0.6) is 5.75 Å². The van der Waals surface area contributed by atoms with Gasteiger partial charge in [0.05, 0.1) is 5.92 Å². The van der Waals surface area contributed by atoms with Crippen LogP contribution in [0.1, 0.15) is 37.7 Å². The number of aromatic hydroxyl groups is 1. The normalized spacial score (nSPS) is 26.3. The molecule has 1 saturated carbocycles. The van der Waals surface area contributed by atoms with Crippen LogP contribution < -0.4 is 0 Å². The number of alkyl halides is 3. The lowest BCUT2D eigenvalue weighted by atomic mass is 9.80. The number of nitrogens with zero attached hydrogens (tertiary/aromatic N) is 2. The first-order chi connectivity index (χ1) is 11.7. The zero-order valence-corrected chi connectivity index (χ0v) is 13.5. The van der Waals surface area contributed by atoms with Gasteiger partial charge in [0.1, 0.15) is 5.75 Å². The minimum Gasteiger partial charge on any atom is -0.508 e. The second kappa shape index (κ2) is 6.33. The van der Waals surface area contributed by atoms with Gasteiger partial charge in [-0.1, -0.05) is 24.6 Å². The summed E-state index contributed by atoms with van der Waals surface area (Å²) in [4.78, 5) is 12.4.